The zero-order valence-electron chi connectivity index (χ0n) is 9.47. The molecule has 0 radical (unpaired) electrons. The molecule has 0 aliphatic carbocycles. The summed E-state index contributed by atoms with van der Waals surface area (Å²) in [7, 11) is 0. The monoisotopic (exact) mass is 253 g/mol. The number of hydrogen-bond donors (Lipinski definition) is 4. The Hall–Kier alpha value is -1.82. The van der Waals surface area contributed by atoms with Crippen LogP contribution < -0.4 is 11.2 Å². The van der Waals surface area contributed by atoms with E-state index in [9.17, 15) is 10.2 Å². The summed E-state index contributed by atoms with van der Waals surface area (Å²) in [6.45, 7) is 1.98. The summed E-state index contributed by atoms with van der Waals surface area (Å²) in [5.74, 6) is 0.122. The Morgan fingerprint density at radius 3 is 2.76 bits per heavy atom. The minimum Gasteiger partial charge on any atom is -0.508 e. The summed E-state index contributed by atoms with van der Waals surface area (Å²) in [6.07, 6.45) is 1.47. The van der Waals surface area contributed by atoms with Crippen molar-refractivity contribution in [3.63, 3.8) is 0 Å². The molecule has 0 unspecified atom stereocenters. The fourth-order valence-corrected chi connectivity index (χ4v) is 1.41. The Kier molecular flexibility index (Phi) is 4.71. The molecule has 0 saturated carbocycles. The lowest BCUT2D eigenvalue weighted by atomic mass is 10.0. The molecule has 0 fully saturated rings. The highest BCUT2D eigenvalue weighted by Gasteiger charge is 2.09. The first kappa shape index (κ1) is 13.2. The topological polar surface area (TPSA) is 90.9 Å². The molecular formula is C11H15N3O2S. The molecule has 1 aromatic carbocycles. The van der Waals surface area contributed by atoms with E-state index in [1.165, 1.54) is 18.2 Å². The van der Waals surface area contributed by atoms with Crippen molar-refractivity contribution in [2.75, 3.05) is 0 Å². The molecule has 0 spiro atoms. The van der Waals surface area contributed by atoms with E-state index in [0.717, 1.165) is 6.42 Å². The van der Waals surface area contributed by atoms with E-state index < -0.39 is 0 Å². The second-order valence-corrected chi connectivity index (χ2v) is 3.93. The maximum atomic E-state index is 9.71. The van der Waals surface area contributed by atoms with Gasteiger partial charge >= 0.3 is 0 Å². The number of nitrogens with two attached hydrogens (primary N) is 1. The summed E-state index contributed by atoms with van der Waals surface area (Å²) in [4.78, 5) is 0. The summed E-state index contributed by atoms with van der Waals surface area (Å²) >= 11 is 4.65. The van der Waals surface area contributed by atoms with E-state index in [1.54, 1.807) is 0 Å². The Morgan fingerprint density at radius 1 is 1.47 bits per heavy atom. The van der Waals surface area contributed by atoms with Gasteiger partial charge in [0.2, 0.25) is 0 Å². The van der Waals surface area contributed by atoms with Crippen LogP contribution in [0.3, 0.4) is 0 Å². The summed E-state index contributed by atoms with van der Waals surface area (Å²) in [6, 6.07) is 4.27. The van der Waals surface area contributed by atoms with Gasteiger partial charge in [-0.1, -0.05) is 13.3 Å². The van der Waals surface area contributed by atoms with Gasteiger partial charge in [0, 0.05) is 5.56 Å². The quantitative estimate of drug-likeness (QED) is 0.282. The lowest BCUT2D eigenvalue weighted by molar-refractivity contribution is 0.459. The van der Waals surface area contributed by atoms with Crippen LogP contribution in [0.2, 0.25) is 0 Å². The predicted octanol–water partition coefficient (Wildman–Crippen LogP) is 1.44. The van der Waals surface area contributed by atoms with E-state index in [4.69, 9.17) is 5.73 Å². The number of nitrogens with zero attached hydrogens (tertiary/aromatic N) is 1. The number of thiocarbonyl (C=S) groups is 1. The van der Waals surface area contributed by atoms with Crippen LogP contribution in [0.4, 0.5) is 0 Å². The Morgan fingerprint density at radius 2 is 2.18 bits per heavy atom. The maximum Gasteiger partial charge on any atom is 0.184 e. The Balaban J connectivity index is 3.08. The highest BCUT2D eigenvalue weighted by molar-refractivity contribution is 7.80. The van der Waals surface area contributed by atoms with Gasteiger partial charge < -0.3 is 15.9 Å². The smallest absolute Gasteiger partial charge is 0.184 e. The second kappa shape index (κ2) is 6.05. The molecule has 0 saturated heterocycles. The third kappa shape index (κ3) is 3.92. The van der Waals surface area contributed by atoms with E-state index in [2.05, 4.69) is 22.7 Å². The van der Waals surface area contributed by atoms with Gasteiger partial charge in [-0.25, -0.2) is 0 Å². The Labute approximate surface area is 105 Å². The van der Waals surface area contributed by atoms with Gasteiger partial charge in [0.1, 0.15) is 11.5 Å². The third-order valence-corrected chi connectivity index (χ3v) is 2.17. The lowest BCUT2D eigenvalue weighted by Gasteiger charge is -2.08. The average molecular weight is 253 g/mol. The van der Waals surface area contributed by atoms with Gasteiger partial charge in [0.15, 0.2) is 5.11 Å². The molecule has 1 aromatic rings. The van der Waals surface area contributed by atoms with Gasteiger partial charge in [-0.05, 0) is 36.8 Å². The average Bonchev–Trinajstić information content (AvgIpc) is 2.27. The Bertz CT molecular complexity index is 446. The molecule has 92 valence electrons. The van der Waals surface area contributed by atoms with Crippen molar-refractivity contribution in [3.8, 4) is 11.5 Å². The van der Waals surface area contributed by atoms with Crippen molar-refractivity contribution in [3.05, 3.63) is 23.8 Å². The molecule has 0 amide bonds. The molecule has 5 nitrogen and oxygen atoms in total. The van der Waals surface area contributed by atoms with Crippen molar-refractivity contribution in [1.82, 2.24) is 5.43 Å². The van der Waals surface area contributed by atoms with Crippen molar-refractivity contribution in [2.24, 2.45) is 10.8 Å². The van der Waals surface area contributed by atoms with Gasteiger partial charge in [-0.15, -0.1) is 0 Å². The van der Waals surface area contributed by atoms with E-state index in [1.807, 2.05) is 6.92 Å². The number of hydrogen-bond acceptors (Lipinski definition) is 4. The number of phenols is 2. The minimum absolute atomic E-state index is 0.0539. The molecular weight excluding hydrogens is 238 g/mol. The summed E-state index contributed by atoms with van der Waals surface area (Å²) in [5.41, 5.74) is 8.82. The number of hydrazone groups is 1. The summed E-state index contributed by atoms with van der Waals surface area (Å²) in [5, 5.41) is 23.2. The first-order valence-electron chi connectivity index (χ1n) is 5.19. The van der Waals surface area contributed by atoms with Crippen molar-refractivity contribution in [1.29, 1.82) is 0 Å². The molecule has 0 bridgehead atoms. The van der Waals surface area contributed by atoms with Crippen LogP contribution in [0.15, 0.2) is 23.3 Å². The zero-order valence-corrected chi connectivity index (χ0v) is 10.3. The highest BCUT2D eigenvalue weighted by Crippen LogP contribution is 2.24. The molecule has 0 aromatic heterocycles. The van der Waals surface area contributed by atoms with E-state index in [0.29, 0.717) is 17.7 Å². The van der Waals surface area contributed by atoms with E-state index in [-0.39, 0.29) is 16.6 Å². The van der Waals surface area contributed by atoms with Gasteiger partial charge in [-0.2, -0.15) is 5.10 Å². The lowest BCUT2D eigenvalue weighted by Crippen LogP contribution is -2.25. The van der Waals surface area contributed by atoms with Crippen LogP contribution in [0.1, 0.15) is 25.3 Å². The van der Waals surface area contributed by atoms with E-state index >= 15 is 0 Å². The second-order valence-electron chi connectivity index (χ2n) is 3.49. The maximum absolute atomic E-state index is 9.71. The molecule has 0 heterocycles. The molecule has 0 aliphatic rings. The number of nitrogens with one attached hydrogen (secondary N) is 1. The molecule has 5 N–H and O–H groups in total. The number of rotatable bonds is 4. The van der Waals surface area contributed by atoms with Gasteiger partial charge in [0.05, 0.1) is 5.71 Å². The van der Waals surface area contributed by atoms with Crippen LogP contribution >= 0.6 is 12.2 Å². The standard InChI is InChI=1S/C11H15N3O2S/c1-2-3-9(13-14-11(12)17)8-6-7(15)4-5-10(8)16/h4-6,15-16H,2-3H2,1H3,(H3,12,14,17)/b13-9-. The van der Waals surface area contributed by atoms with Crippen LogP contribution in [0.5, 0.6) is 11.5 Å². The highest BCUT2D eigenvalue weighted by atomic mass is 32.1. The first-order chi connectivity index (χ1) is 8.04. The minimum atomic E-state index is 0.0539. The fraction of sp³-hybridized carbons (Fsp3) is 0.273. The molecule has 17 heavy (non-hydrogen) atoms. The summed E-state index contributed by atoms with van der Waals surface area (Å²) < 4.78 is 0. The molecule has 0 atom stereocenters. The predicted molar refractivity (Wildman–Crippen MR) is 71.1 cm³/mol. The van der Waals surface area contributed by atoms with Crippen molar-refractivity contribution in [2.45, 2.75) is 19.8 Å². The fourth-order valence-electron chi connectivity index (χ4n) is 1.37. The van der Waals surface area contributed by atoms with Crippen LogP contribution in [-0.4, -0.2) is 21.0 Å². The number of phenolic OH excluding ortho intramolecular Hbond substituents is 2. The largest absolute Gasteiger partial charge is 0.508 e. The molecule has 1 rings (SSSR count). The van der Waals surface area contributed by atoms with Crippen LogP contribution in [-0.2, 0) is 0 Å². The van der Waals surface area contributed by atoms with Crippen LogP contribution in [0, 0.1) is 0 Å². The third-order valence-electron chi connectivity index (χ3n) is 2.08. The molecule has 0 aliphatic heterocycles. The van der Waals surface area contributed by atoms with Crippen molar-refractivity contribution >= 4 is 23.0 Å². The van der Waals surface area contributed by atoms with Crippen LogP contribution in [0.25, 0.3) is 0 Å². The van der Waals surface area contributed by atoms with Gasteiger partial charge in [0.25, 0.3) is 0 Å². The van der Waals surface area contributed by atoms with Gasteiger partial charge in [-0.3, -0.25) is 5.43 Å². The number of benzene rings is 1. The molecule has 6 heteroatoms. The van der Waals surface area contributed by atoms with Crippen molar-refractivity contribution < 1.29 is 10.2 Å². The SMILES string of the molecule is CCC/C(=N/NC(N)=S)c1cc(O)ccc1O. The zero-order chi connectivity index (χ0) is 12.8. The normalized spacial score (nSPS) is 11.2. The first-order valence-corrected chi connectivity index (χ1v) is 5.59. The number of aromatic hydroxyl groups is 2.